The van der Waals surface area contributed by atoms with E-state index >= 15 is 0 Å². The molecule has 76 valence electrons. The SMILES string of the molecule is Cn1nc(-c2ccccc2)c2c1CNC2. The normalized spacial score (nSPS) is 14.2. The summed E-state index contributed by atoms with van der Waals surface area (Å²) in [7, 11) is 2.01. The minimum atomic E-state index is 0.936. The molecule has 0 atom stereocenters. The second-order valence-corrected chi connectivity index (χ2v) is 3.87. The molecule has 1 aliphatic heterocycles. The maximum Gasteiger partial charge on any atom is 0.0971 e. The summed E-state index contributed by atoms with van der Waals surface area (Å²) in [4.78, 5) is 0. The van der Waals surface area contributed by atoms with Gasteiger partial charge in [-0.25, -0.2) is 0 Å². The topological polar surface area (TPSA) is 29.9 Å². The number of nitrogens with one attached hydrogen (secondary N) is 1. The second kappa shape index (κ2) is 3.21. The van der Waals surface area contributed by atoms with Gasteiger partial charge in [0.1, 0.15) is 0 Å². The molecule has 0 saturated heterocycles. The zero-order valence-electron chi connectivity index (χ0n) is 8.70. The summed E-state index contributed by atoms with van der Waals surface area (Å²) in [6.07, 6.45) is 0. The Balaban J connectivity index is 2.18. The molecule has 0 radical (unpaired) electrons. The van der Waals surface area contributed by atoms with Crippen LogP contribution in [0.1, 0.15) is 11.3 Å². The van der Waals surface area contributed by atoms with E-state index in [1.165, 1.54) is 16.8 Å². The summed E-state index contributed by atoms with van der Waals surface area (Å²) in [6, 6.07) is 10.4. The van der Waals surface area contributed by atoms with E-state index in [1.54, 1.807) is 0 Å². The van der Waals surface area contributed by atoms with Crippen molar-refractivity contribution in [3.05, 3.63) is 41.6 Å². The Morgan fingerprint density at radius 1 is 1.20 bits per heavy atom. The molecule has 15 heavy (non-hydrogen) atoms. The quantitative estimate of drug-likeness (QED) is 0.757. The number of rotatable bonds is 1. The molecule has 0 fully saturated rings. The van der Waals surface area contributed by atoms with Gasteiger partial charge in [-0.05, 0) is 0 Å². The Morgan fingerprint density at radius 3 is 2.80 bits per heavy atom. The number of nitrogens with zero attached hydrogens (tertiary/aromatic N) is 2. The zero-order chi connectivity index (χ0) is 10.3. The third-order valence-corrected chi connectivity index (χ3v) is 2.92. The number of benzene rings is 1. The van der Waals surface area contributed by atoms with Crippen LogP contribution >= 0.6 is 0 Å². The first kappa shape index (κ1) is 8.68. The second-order valence-electron chi connectivity index (χ2n) is 3.87. The largest absolute Gasteiger partial charge is 0.307 e. The first-order valence-electron chi connectivity index (χ1n) is 5.17. The molecule has 2 heterocycles. The Hall–Kier alpha value is -1.61. The van der Waals surface area contributed by atoms with Gasteiger partial charge in [0.2, 0.25) is 0 Å². The lowest BCUT2D eigenvalue weighted by molar-refractivity contribution is 0.671. The van der Waals surface area contributed by atoms with Crippen LogP contribution in [0, 0.1) is 0 Å². The first-order valence-corrected chi connectivity index (χ1v) is 5.17. The van der Waals surface area contributed by atoms with Gasteiger partial charge in [-0.1, -0.05) is 30.3 Å². The summed E-state index contributed by atoms with van der Waals surface area (Å²) >= 11 is 0. The van der Waals surface area contributed by atoms with Gasteiger partial charge in [0.05, 0.1) is 11.4 Å². The highest BCUT2D eigenvalue weighted by Gasteiger charge is 2.20. The van der Waals surface area contributed by atoms with Crippen LogP contribution < -0.4 is 5.32 Å². The number of hydrogen-bond donors (Lipinski definition) is 1. The summed E-state index contributed by atoms with van der Waals surface area (Å²) < 4.78 is 1.98. The zero-order valence-corrected chi connectivity index (χ0v) is 8.70. The Bertz CT molecular complexity index is 485. The van der Waals surface area contributed by atoms with Crippen LogP contribution in [0.25, 0.3) is 11.3 Å². The highest BCUT2D eigenvalue weighted by molar-refractivity contribution is 5.64. The van der Waals surface area contributed by atoms with Crippen LogP contribution in [0.5, 0.6) is 0 Å². The fourth-order valence-corrected chi connectivity index (χ4v) is 2.14. The van der Waals surface area contributed by atoms with Gasteiger partial charge in [0, 0.05) is 31.3 Å². The predicted octanol–water partition coefficient (Wildman–Crippen LogP) is 1.69. The number of hydrogen-bond acceptors (Lipinski definition) is 2. The van der Waals surface area contributed by atoms with Gasteiger partial charge in [0.25, 0.3) is 0 Å². The maximum absolute atomic E-state index is 4.58. The van der Waals surface area contributed by atoms with Crippen LogP contribution in [-0.2, 0) is 20.1 Å². The average molecular weight is 199 g/mol. The van der Waals surface area contributed by atoms with Crippen molar-refractivity contribution in [3.63, 3.8) is 0 Å². The highest BCUT2D eigenvalue weighted by Crippen LogP contribution is 2.27. The van der Waals surface area contributed by atoms with Gasteiger partial charge in [-0.15, -0.1) is 0 Å². The van der Waals surface area contributed by atoms with Crippen LogP contribution in [-0.4, -0.2) is 9.78 Å². The molecule has 0 bridgehead atoms. The van der Waals surface area contributed by atoms with E-state index in [-0.39, 0.29) is 0 Å². The van der Waals surface area contributed by atoms with E-state index in [1.807, 2.05) is 17.8 Å². The van der Waals surface area contributed by atoms with Gasteiger partial charge in [-0.2, -0.15) is 5.10 Å². The standard InChI is InChI=1S/C12H13N3/c1-15-11-8-13-7-10(11)12(14-15)9-5-3-2-4-6-9/h2-6,13H,7-8H2,1H3. The minimum Gasteiger partial charge on any atom is -0.307 e. The molecule has 0 unspecified atom stereocenters. The Morgan fingerprint density at radius 2 is 2.00 bits per heavy atom. The van der Waals surface area contributed by atoms with Crippen molar-refractivity contribution in [2.75, 3.05) is 0 Å². The molecule has 3 rings (SSSR count). The molecule has 0 saturated carbocycles. The van der Waals surface area contributed by atoms with Crippen molar-refractivity contribution in [1.82, 2.24) is 15.1 Å². The number of aryl methyl sites for hydroxylation is 1. The van der Waals surface area contributed by atoms with Crippen molar-refractivity contribution < 1.29 is 0 Å². The van der Waals surface area contributed by atoms with Crippen molar-refractivity contribution in [2.45, 2.75) is 13.1 Å². The predicted molar refractivity (Wildman–Crippen MR) is 59.2 cm³/mol. The molecule has 0 amide bonds. The fourth-order valence-electron chi connectivity index (χ4n) is 2.14. The highest BCUT2D eigenvalue weighted by atomic mass is 15.3. The fraction of sp³-hybridized carbons (Fsp3) is 0.250. The summed E-state index contributed by atoms with van der Waals surface area (Å²) in [5.74, 6) is 0. The summed E-state index contributed by atoms with van der Waals surface area (Å²) in [5.41, 5.74) is 4.99. The lowest BCUT2D eigenvalue weighted by Gasteiger charge is -1.98. The van der Waals surface area contributed by atoms with E-state index in [2.05, 4.69) is 34.7 Å². The van der Waals surface area contributed by atoms with Crippen molar-refractivity contribution in [2.24, 2.45) is 7.05 Å². The molecule has 1 N–H and O–H groups in total. The molecular formula is C12H13N3. The van der Waals surface area contributed by atoms with E-state index in [9.17, 15) is 0 Å². The van der Waals surface area contributed by atoms with Gasteiger partial charge in [-0.3, -0.25) is 4.68 Å². The summed E-state index contributed by atoms with van der Waals surface area (Å²) in [5, 5.41) is 7.94. The molecule has 3 nitrogen and oxygen atoms in total. The molecule has 3 heteroatoms. The van der Waals surface area contributed by atoms with Crippen LogP contribution in [0.4, 0.5) is 0 Å². The monoisotopic (exact) mass is 199 g/mol. The first-order chi connectivity index (χ1) is 7.36. The average Bonchev–Trinajstić information content (AvgIpc) is 2.84. The van der Waals surface area contributed by atoms with Crippen molar-refractivity contribution >= 4 is 0 Å². The van der Waals surface area contributed by atoms with Crippen LogP contribution in [0.2, 0.25) is 0 Å². The van der Waals surface area contributed by atoms with E-state index in [0.717, 1.165) is 18.8 Å². The Labute approximate surface area is 88.7 Å². The third kappa shape index (κ3) is 1.27. The van der Waals surface area contributed by atoms with Gasteiger partial charge in [0.15, 0.2) is 0 Å². The Kier molecular flexibility index (Phi) is 1.86. The van der Waals surface area contributed by atoms with Gasteiger partial charge < -0.3 is 5.32 Å². The molecule has 0 spiro atoms. The lowest BCUT2D eigenvalue weighted by Crippen LogP contribution is -2.06. The summed E-state index contributed by atoms with van der Waals surface area (Å²) in [6.45, 7) is 1.87. The minimum absolute atomic E-state index is 0.936. The van der Waals surface area contributed by atoms with E-state index in [4.69, 9.17) is 0 Å². The van der Waals surface area contributed by atoms with Crippen LogP contribution in [0.15, 0.2) is 30.3 Å². The molecule has 1 aliphatic rings. The van der Waals surface area contributed by atoms with Crippen molar-refractivity contribution in [1.29, 1.82) is 0 Å². The lowest BCUT2D eigenvalue weighted by atomic mass is 10.1. The van der Waals surface area contributed by atoms with E-state index in [0.29, 0.717) is 0 Å². The molecule has 1 aromatic carbocycles. The number of fused-ring (bicyclic) bond motifs is 1. The third-order valence-electron chi connectivity index (χ3n) is 2.92. The maximum atomic E-state index is 4.58. The van der Waals surface area contributed by atoms with Crippen LogP contribution in [0.3, 0.4) is 0 Å². The van der Waals surface area contributed by atoms with E-state index < -0.39 is 0 Å². The molecular weight excluding hydrogens is 186 g/mol. The van der Waals surface area contributed by atoms with Crippen molar-refractivity contribution in [3.8, 4) is 11.3 Å². The molecule has 1 aromatic heterocycles. The molecule has 0 aliphatic carbocycles. The van der Waals surface area contributed by atoms with Gasteiger partial charge >= 0.3 is 0 Å². The number of aromatic nitrogens is 2. The smallest absolute Gasteiger partial charge is 0.0971 e. The molecule has 2 aromatic rings.